The van der Waals surface area contributed by atoms with E-state index in [-0.39, 0.29) is 17.4 Å². The van der Waals surface area contributed by atoms with Crippen LogP contribution in [-0.4, -0.2) is 43.0 Å². The van der Waals surface area contributed by atoms with E-state index in [9.17, 15) is 4.79 Å². The van der Waals surface area contributed by atoms with Crippen LogP contribution in [0.3, 0.4) is 0 Å². The number of nitrogens with zero attached hydrogens (tertiary/aromatic N) is 1. The molecule has 0 aromatic rings. The molecule has 1 heterocycles. The minimum Gasteiger partial charge on any atom is -0.353 e. The number of likely N-dealkylation sites (tertiary alicyclic amines) is 1. The zero-order chi connectivity index (χ0) is 14.6. The molecule has 0 spiro atoms. The van der Waals surface area contributed by atoms with E-state index >= 15 is 0 Å². The van der Waals surface area contributed by atoms with Crippen LogP contribution >= 0.6 is 0 Å². The van der Waals surface area contributed by atoms with E-state index in [1.807, 2.05) is 0 Å². The Morgan fingerprint density at radius 1 is 1.47 bits per heavy atom. The van der Waals surface area contributed by atoms with Crippen LogP contribution in [0.4, 0.5) is 0 Å². The largest absolute Gasteiger partial charge is 0.353 e. The molecule has 4 nitrogen and oxygen atoms in total. The maximum absolute atomic E-state index is 12.0. The minimum absolute atomic E-state index is 0.0402. The standard InChI is InChI=1S/C15H31N3O/c1-11-10-18(5)7-6-13(11)17-14(19)8-12(16)9-15(2,3)4/h11-13H,6-10,16H2,1-5H3,(H,17,19). The van der Waals surface area contributed by atoms with Crippen molar-refractivity contribution in [3.8, 4) is 0 Å². The molecule has 1 aliphatic heterocycles. The molecular formula is C15H31N3O. The first-order valence-electron chi connectivity index (χ1n) is 7.41. The quantitative estimate of drug-likeness (QED) is 0.815. The van der Waals surface area contributed by atoms with Gasteiger partial charge in [-0.1, -0.05) is 27.7 Å². The van der Waals surface area contributed by atoms with Crippen LogP contribution in [0.1, 0.15) is 47.0 Å². The van der Waals surface area contributed by atoms with Crippen molar-refractivity contribution < 1.29 is 4.79 Å². The summed E-state index contributed by atoms with van der Waals surface area (Å²) >= 11 is 0. The lowest BCUT2D eigenvalue weighted by atomic mass is 9.87. The zero-order valence-corrected chi connectivity index (χ0v) is 13.2. The van der Waals surface area contributed by atoms with Crippen molar-refractivity contribution in [2.45, 2.75) is 59.0 Å². The SMILES string of the molecule is CC1CN(C)CCC1NC(=O)CC(N)CC(C)(C)C. The lowest BCUT2D eigenvalue weighted by molar-refractivity contribution is -0.122. The van der Waals surface area contributed by atoms with Gasteiger partial charge in [-0.15, -0.1) is 0 Å². The second kappa shape index (κ2) is 6.71. The summed E-state index contributed by atoms with van der Waals surface area (Å²) in [5.74, 6) is 0.625. The predicted molar refractivity (Wildman–Crippen MR) is 79.9 cm³/mol. The highest BCUT2D eigenvalue weighted by atomic mass is 16.1. The highest BCUT2D eigenvalue weighted by Crippen LogP contribution is 2.21. The third-order valence-electron chi connectivity index (χ3n) is 3.78. The van der Waals surface area contributed by atoms with E-state index in [0.29, 0.717) is 18.4 Å². The van der Waals surface area contributed by atoms with Gasteiger partial charge in [0.15, 0.2) is 0 Å². The van der Waals surface area contributed by atoms with Crippen molar-refractivity contribution in [1.29, 1.82) is 0 Å². The second-order valence-electron chi connectivity index (χ2n) is 7.43. The number of rotatable bonds is 4. The van der Waals surface area contributed by atoms with Crippen LogP contribution in [0, 0.1) is 11.3 Å². The summed E-state index contributed by atoms with van der Waals surface area (Å²) in [6.07, 6.45) is 2.36. The third kappa shape index (κ3) is 6.39. The summed E-state index contributed by atoms with van der Waals surface area (Å²) in [6.45, 7) is 10.8. The Balaban J connectivity index is 2.35. The van der Waals surface area contributed by atoms with Gasteiger partial charge in [0.25, 0.3) is 0 Å². The highest BCUT2D eigenvalue weighted by Gasteiger charge is 2.26. The molecule has 0 aliphatic carbocycles. The predicted octanol–water partition coefficient (Wildman–Crippen LogP) is 1.60. The van der Waals surface area contributed by atoms with E-state index in [2.05, 4.69) is 45.0 Å². The molecule has 0 aromatic heterocycles. The monoisotopic (exact) mass is 269 g/mol. The van der Waals surface area contributed by atoms with Gasteiger partial charge >= 0.3 is 0 Å². The van der Waals surface area contributed by atoms with Gasteiger partial charge in [0.1, 0.15) is 0 Å². The summed E-state index contributed by atoms with van der Waals surface area (Å²) in [4.78, 5) is 14.3. The molecule has 3 unspecified atom stereocenters. The number of carbonyl (C=O) groups is 1. The molecule has 19 heavy (non-hydrogen) atoms. The first-order valence-corrected chi connectivity index (χ1v) is 7.41. The number of piperidine rings is 1. The van der Waals surface area contributed by atoms with Crippen molar-refractivity contribution in [1.82, 2.24) is 10.2 Å². The molecule has 112 valence electrons. The maximum atomic E-state index is 12.0. The smallest absolute Gasteiger partial charge is 0.221 e. The Hall–Kier alpha value is -0.610. The Morgan fingerprint density at radius 2 is 2.11 bits per heavy atom. The molecular weight excluding hydrogens is 238 g/mol. The lowest BCUT2D eigenvalue weighted by Gasteiger charge is -2.35. The van der Waals surface area contributed by atoms with Crippen LogP contribution in [0.2, 0.25) is 0 Å². The number of hydrogen-bond donors (Lipinski definition) is 2. The van der Waals surface area contributed by atoms with E-state index in [4.69, 9.17) is 5.73 Å². The fraction of sp³-hybridized carbons (Fsp3) is 0.933. The normalized spacial score (nSPS) is 27.1. The minimum atomic E-state index is -0.0402. The van der Waals surface area contributed by atoms with E-state index in [1.165, 1.54) is 0 Å². The fourth-order valence-corrected chi connectivity index (χ4v) is 2.93. The Morgan fingerprint density at radius 3 is 2.63 bits per heavy atom. The van der Waals surface area contributed by atoms with Gasteiger partial charge in [0.2, 0.25) is 5.91 Å². The van der Waals surface area contributed by atoms with Crippen molar-refractivity contribution in [2.75, 3.05) is 20.1 Å². The summed E-state index contributed by atoms with van der Waals surface area (Å²) in [5.41, 5.74) is 6.23. The summed E-state index contributed by atoms with van der Waals surface area (Å²) in [7, 11) is 2.13. The van der Waals surface area contributed by atoms with Gasteiger partial charge in [0.05, 0.1) is 0 Å². The van der Waals surface area contributed by atoms with Crippen LogP contribution in [0.15, 0.2) is 0 Å². The van der Waals surface area contributed by atoms with Crippen molar-refractivity contribution in [2.24, 2.45) is 17.1 Å². The fourth-order valence-electron chi connectivity index (χ4n) is 2.93. The van der Waals surface area contributed by atoms with Crippen LogP contribution in [-0.2, 0) is 4.79 Å². The Kier molecular flexibility index (Phi) is 5.81. The second-order valence-corrected chi connectivity index (χ2v) is 7.43. The molecule has 0 saturated carbocycles. The molecule has 1 saturated heterocycles. The first-order chi connectivity index (χ1) is 8.67. The number of hydrogen-bond acceptors (Lipinski definition) is 3. The van der Waals surface area contributed by atoms with Gasteiger partial charge in [-0.2, -0.15) is 0 Å². The van der Waals surface area contributed by atoms with Gasteiger partial charge in [-0.3, -0.25) is 4.79 Å². The number of nitrogens with two attached hydrogens (primary N) is 1. The summed E-state index contributed by atoms with van der Waals surface area (Å²) < 4.78 is 0. The average Bonchev–Trinajstić information content (AvgIpc) is 2.19. The van der Waals surface area contributed by atoms with E-state index in [1.54, 1.807) is 0 Å². The number of nitrogens with one attached hydrogen (secondary N) is 1. The average molecular weight is 269 g/mol. The van der Waals surface area contributed by atoms with E-state index in [0.717, 1.165) is 25.9 Å². The van der Waals surface area contributed by atoms with Crippen molar-refractivity contribution >= 4 is 5.91 Å². The third-order valence-corrected chi connectivity index (χ3v) is 3.78. The molecule has 3 atom stereocenters. The van der Waals surface area contributed by atoms with Gasteiger partial charge in [-0.05, 0) is 37.8 Å². The molecule has 0 radical (unpaired) electrons. The first kappa shape index (κ1) is 16.4. The molecule has 4 heteroatoms. The van der Waals surface area contributed by atoms with Crippen molar-refractivity contribution in [3.05, 3.63) is 0 Å². The molecule has 0 aromatic carbocycles. The zero-order valence-electron chi connectivity index (χ0n) is 13.2. The topological polar surface area (TPSA) is 58.4 Å². The Labute approximate surface area is 118 Å². The summed E-state index contributed by atoms with van der Waals surface area (Å²) in [6, 6.07) is 0.270. The van der Waals surface area contributed by atoms with Gasteiger partial charge in [-0.25, -0.2) is 0 Å². The Bertz CT molecular complexity index is 298. The van der Waals surface area contributed by atoms with E-state index < -0.39 is 0 Å². The molecule has 3 N–H and O–H groups in total. The number of carbonyl (C=O) groups excluding carboxylic acids is 1. The molecule has 1 rings (SSSR count). The van der Waals surface area contributed by atoms with Crippen LogP contribution in [0.5, 0.6) is 0 Å². The molecule has 1 fully saturated rings. The highest BCUT2D eigenvalue weighted by molar-refractivity contribution is 5.76. The van der Waals surface area contributed by atoms with Crippen molar-refractivity contribution in [3.63, 3.8) is 0 Å². The van der Waals surface area contributed by atoms with Gasteiger partial charge in [0, 0.05) is 25.0 Å². The summed E-state index contributed by atoms with van der Waals surface area (Å²) in [5, 5.41) is 3.16. The molecule has 0 bridgehead atoms. The molecule has 1 amide bonds. The maximum Gasteiger partial charge on any atom is 0.221 e. The van der Waals surface area contributed by atoms with Crippen LogP contribution in [0.25, 0.3) is 0 Å². The number of amides is 1. The lowest BCUT2D eigenvalue weighted by Crippen LogP contribution is -2.49. The van der Waals surface area contributed by atoms with Gasteiger partial charge < -0.3 is 16.0 Å². The van der Waals surface area contributed by atoms with Crippen LogP contribution < -0.4 is 11.1 Å². The molecule has 1 aliphatic rings.